The summed E-state index contributed by atoms with van der Waals surface area (Å²) in [7, 11) is 0. The predicted octanol–water partition coefficient (Wildman–Crippen LogP) is 2.04. The van der Waals surface area contributed by atoms with E-state index >= 15 is 0 Å². The predicted molar refractivity (Wildman–Crippen MR) is 107 cm³/mol. The van der Waals surface area contributed by atoms with Gasteiger partial charge in [-0.1, -0.05) is 0 Å². The van der Waals surface area contributed by atoms with Crippen molar-refractivity contribution in [2.24, 2.45) is 4.99 Å². The van der Waals surface area contributed by atoms with Crippen molar-refractivity contribution in [3.63, 3.8) is 0 Å². The van der Waals surface area contributed by atoms with Crippen LogP contribution in [0.2, 0.25) is 0 Å². The van der Waals surface area contributed by atoms with E-state index in [1.54, 1.807) is 17.7 Å². The van der Waals surface area contributed by atoms with Crippen LogP contribution in [0, 0.1) is 13.8 Å². The van der Waals surface area contributed by atoms with Gasteiger partial charge in [-0.25, -0.2) is 19.6 Å². The van der Waals surface area contributed by atoms with E-state index in [-0.39, 0.29) is 24.0 Å². The third kappa shape index (κ3) is 4.65. The molecule has 2 aromatic rings. The molecule has 1 unspecified atom stereocenters. The van der Waals surface area contributed by atoms with Crippen molar-refractivity contribution in [3.8, 4) is 0 Å². The van der Waals surface area contributed by atoms with Gasteiger partial charge in [0.2, 0.25) is 0 Å². The molecule has 1 aliphatic heterocycles. The maximum absolute atomic E-state index is 4.67. The summed E-state index contributed by atoms with van der Waals surface area (Å²) in [5, 5.41) is 12.1. The third-order valence-corrected chi connectivity index (χ3v) is 4.99. The first kappa shape index (κ1) is 19.1. The molecule has 9 heteroatoms. The lowest BCUT2D eigenvalue weighted by molar-refractivity contribution is 0.392. The Balaban J connectivity index is 0.00000208. The Labute approximate surface area is 163 Å². The monoisotopic (exact) mass is 461 g/mol. The van der Waals surface area contributed by atoms with Gasteiger partial charge in [0.05, 0.1) is 18.8 Å². The molecule has 3 rings (SSSR count). The molecular weight excluding hydrogens is 437 g/mol. The SMILES string of the molecule is CCNC(=NCc1nc(C)c(C)s1)NC1CCc2ncnn2C1.I. The molecule has 0 radical (unpaired) electrons. The van der Waals surface area contributed by atoms with E-state index in [2.05, 4.69) is 44.5 Å². The second-order valence-electron chi connectivity index (χ2n) is 5.68. The molecule has 2 aromatic heterocycles. The van der Waals surface area contributed by atoms with E-state index in [1.807, 2.05) is 11.6 Å². The quantitative estimate of drug-likeness (QED) is 0.414. The summed E-state index contributed by atoms with van der Waals surface area (Å²) in [6.07, 6.45) is 3.62. The second-order valence-corrected chi connectivity index (χ2v) is 6.97. The standard InChI is InChI=1S/C15H23N7S.HI/c1-4-16-15(17-7-14-20-10(2)11(3)23-14)21-12-5-6-13-18-9-19-22(13)8-12;/h9,12H,4-8H2,1-3H3,(H2,16,17,21);1H. The number of hydrogen-bond donors (Lipinski definition) is 2. The Morgan fingerprint density at radius 3 is 3.00 bits per heavy atom. The summed E-state index contributed by atoms with van der Waals surface area (Å²) in [6.45, 7) is 8.49. The highest BCUT2D eigenvalue weighted by molar-refractivity contribution is 14.0. The van der Waals surface area contributed by atoms with Crippen molar-refractivity contribution < 1.29 is 0 Å². The average molecular weight is 461 g/mol. The number of nitrogens with one attached hydrogen (secondary N) is 2. The summed E-state index contributed by atoms with van der Waals surface area (Å²) in [5.41, 5.74) is 1.10. The van der Waals surface area contributed by atoms with Gasteiger partial charge in [0, 0.05) is 23.9 Å². The average Bonchev–Trinajstić information content (AvgIpc) is 3.11. The Kier molecular flexibility index (Phi) is 6.96. The Morgan fingerprint density at radius 1 is 1.46 bits per heavy atom. The van der Waals surface area contributed by atoms with Crippen molar-refractivity contribution in [2.45, 2.75) is 52.7 Å². The van der Waals surface area contributed by atoms with Crippen molar-refractivity contribution in [2.75, 3.05) is 6.54 Å². The van der Waals surface area contributed by atoms with Crippen LogP contribution in [0.15, 0.2) is 11.3 Å². The van der Waals surface area contributed by atoms with Gasteiger partial charge in [-0.2, -0.15) is 5.10 Å². The minimum Gasteiger partial charge on any atom is -0.357 e. The third-order valence-electron chi connectivity index (χ3n) is 3.94. The van der Waals surface area contributed by atoms with Crippen LogP contribution in [0.4, 0.5) is 0 Å². The van der Waals surface area contributed by atoms with Crippen LogP contribution in [0.5, 0.6) is 0 Å². The van der Waals surface area contributed by atoms with E-state index < -0.39 is 0 Å². The summed E-state index contributed by atoms with van der Waals surface area (Å²) in [4.78, 5) is 14.7. The molecule has 0 spiro atoms. The van der Waals surface area contributed by atoms with Gasteiger partial charge in [0.1, 0.15) is 17.2 Å². The molecule has 0 saturated heterocycles. The number of nitrogens with zero attached hydrogens (tertiary/aromatic N) is 5. The van der Waals surface area contributed by atoms with Crippen LogP contribution in [0.3, 0.4) is 0 Å². The molecule has 3 heterocycles. The number of hydrogen-bond acceptors (Lipinski definition) is 5. The molecule has 24 heavy (non-hydrogen) atoms. The summed E-state index contributed by atoms with van der Waals surface area (Å²) >= 11 is 1.72. The van der Waals surface area contributed by atoms with Crippen LogP contribution in [0.1, 0.15) is 34.7 Å². The van der Waals surface area contributed by atoms with E-state index in [0.29, 0.717) is 12.6 Å². The summed E-state index contributed by atoms with van der Waals surface area (Å²) < 4.78 is 1.97. The normalized spacial score (nSPS) is 17.1. The number of aryl methyl sites for hydroxylation is 3. The molecule has 2 N–H and O–H groups in total. The number of halogens is 1. The van der Waals surface area contributed by atoms with E-state index in [9.17, 15) is 0 Å². The summed E-state index contributed by atoms with van der Waals surface area (Å²) in [6, 6.07) is 0.321. The lowest BCUT2D eigenvalue weighted by Gasteiger charge is -2.25. The van der Waals surface area contributed by atoms with Gasteiger partial charge in [-0.05, 0) is 27.2 Å². The van der Waals surface area contributed by atoms with Crippen molar-refractivity contribution in [1.82, 2.24) is 30.4 Å². The van der Waals surface area contributed by atoms with Crippen LogP contribution >= 0.6 is 35.3 Å². The molecule has 0 aliphatic carbocycles. The molecule has 0 bridgehead atoms. The number of fused-ring (bicyclic) bond motifs is 1. The fraction of sp³-hybridized carbons (Fsp3) is 0.600. The highest BCUT2D eigenvalue weighted by Crippen LogP contribution is 2.17. The summed E-state index contributed by atoms with van der Waals surface area (Å²) in [5.74, 6) is 1.91. The molecule has 132 valence electrons. The van der Waals surface area contributed by atoms with Gasteiger partial charge >= 0.3 is 0 Å². The fourth-order valence-corrected chi connectivity index (χ4v) is 3.48. The van der Waals surface area contributed by atoms with Gasteiger partial charge < -0.3 is 10.6 Å². The molecular formula is C15H24IN7S. The zero-order valence-corrected chi connectivity index (χ0v) is 17.4. The van der Waals surface area contributed by atoms with Gasteiger partial charge in [0.15, 0.2) is 5.96 Å². The minimum atomic E-state index is 0. The van der Waals surface area contributed by atoms with E-state index in [1.165, 1.54) is 4.88 Å². The first-order valence-electron chi connectivity index (χ1n) is 8.00. The smallest absolute Gasteiger partial charge is 0.191 e. The van der Waals surface area contributed by atoms with E-state index in [4.69, 9.17) is 0 Å². The van der Waals surface area contributed by atoms with Gasteiger partial charge in [0.25, 0.3) is 0 Å². The van der Waals surface area contributed by atoms with Crippen molar-refractivity contribution >= 4 is 41.3 Å². The van der Waals surface area contributed by atoms with Crippen molar-refractivity contribution in [3.05, 3.63) is 27.7 Å². The number of aliphatic imine (C=N–C) groups is 1. The first-order valence-corrected chi connectivity index (χ1v) is 8.81. The number of rotatable bonds is 4. The molecule has 0 saturated carbocycles. The van der Waals surface area contributed by atoms with Crippen LogP contribution in [0.25, 0.3) is 0 Å². The Morgan fingerprint density at radius 2 is 2.29 bits per heavy atom. The molecule has 0 aromatic carbocycles. The topological polar surface area (TPSA) is 80.0 Å². The maximum Gasteiger partial charge on any atom is 0.191 e. The Hall–Kier alpha value is -1.23. The Bertz CT molecular complexity index is 674. The number of aromatic nitrogens is 4. The van der Waals surface area contributed by atoms with Gasteiger partial charge in [-0.15, -0.1) is 35.3 Å². The second kappa shape index (κ2) is 8.75. The number of guanidine groups is 1. The molecule has 1 atom stereocenters. The molecule has 0 amide bonds. The molecule has 0 fully saturated rings. The maximum atomic E-state index is 4.67. The lowest BCUT2D eigenvalue weighted by Crippen LogP contribution is -2.47. The van der Waals surface area contributed by atoms with E-state index in [0.717, 1.165) is 48.4 Å². The van der Waals surface area contributed by atoms with Crippen molar-refractivity contribution in [1.29, 1.82) is 0 Å². The first-order chi connectivity index (χ1) is 11.2. The molecule has 1 aliphatic rings. The van der Waals surface area contributed by atoms with Crippen LogP contribution < -0.4 is 10.6 Å². The lowest BCUT2D eigenvalue weighted by atomic mass is 10.1. The highest BCUT2D eigenvalue weighted by Gasteiger charge is 2.20. The highest BCUT2D eigenvalue weighted by atomic mass is 127. The van der Waals surface area contributed by atoms with Crippen LogP contribution in [-0.2, 0) is 19.5 Å². The molecule has 7 nitrogen and oxygen atoms in total. The largest absolute Gasteiger partial charge is 0.357 e. The fourth-order valence-electron chi connectivity index (χ4n) is 2.62. The zero-order valence-electron chi connectivity index (χ0n) is 14.2. The van der Waals surface area contributed by atoms with Crippen LogP contribution in [-0.4, -0.2) is 38.3 Å². The minimum absolute atomic E-state index is 0. The zero-order chi connectivity index (χ0) is 16.2. The number of thiazole rings is 1. The van der Waals surface area contributed by atoms with Gasteiger partial charge in [-0.3, -0.25) is 0 Å².